The fourth-order valence-electron chi connectivity index (χ4n) is 3.75. The predicted octanol–water partition coefficient (Wildman–Crippen LogP) is 8.92. The molecule has 47 heavy (non-hydrogen) atoms. The number of carbonyl (C=O) groups is 1. The molecule has 2 heterocycles. The minimum Gasteiger partial charge on any atom is -0.501 e. The van der Waals surface area contributed by atoms with Gasteiger partial charge in [0.15, 0.2) is 0 Å². The number of nitrogens with zero attached hydrogens (tertiary/aromatic N) is 4. The van der Waals surface area contributed by atoms with Gasteiger partial charge >= 0.3 is 0 Å². The summed E-state index contributed by atoms with van der Waals surface area (Å²) in [5.74, 6) is 6.90. The van der Waals surface area contributed by atoms with E-state index in [9.17, 15) is 4.79 Å². The Hall–Kier alpha value is -4.73. The molecule has 4 N–H and O–H groups in total. The minimum absolute atomic E-state index is 0.122. The normalized spacial score (nSPS) is 12.0. The second kappa shape index (κ2) is 25.5. The van der Waals surface area contributed by atoms with Crippen LogP contribution < -0.4 is 16.5 Å². The van der Waals surface area contributed by atoms with E-state index in [-0.39, 0.29) is 12.3 Å². The molecule has 0 spiro atoms. The van der Waals surface area contributed by atoms with E-state index in [1.165, 1.54) is 19.1 Å². The summed E-state index contributed by atoms with van der Waals surface area (Å²) in [5, 5.41) is 7.61. The Balaban J connectivity index is 0.000000850. The quantitative estimate of drug-likeness (QED) is 0.157. The van der Waals surface area contributed by atoms with Crippen molar-refractivity contribution in [1.29, 1.82) is 0 Å². The van der Waals surface area contributed by atoms with Crippen LogP contribution >= 0.6 is 0 Å². The van der Waals surface area contributed by atoms with Gasteiger partial charge in [0.2, 0.25) is 11.9 Å². The van der Waals surface area contributed by atoms with Crippen LogP contribution in [0.15, 0.2) is 109 Å². The van der Waals surface area contributed by atoms with Crippen molar-refractivity contribution in [3.63, 3.8) is 0 Å². The number of nitrogens with two attached hydrogens (primary N) is 1. The highest BCUT2D eigenvalue weighted by Gasteiger charge is 2.11. The number of nitrogens with one attached hydrogen (secondary N) is 2. The summed E-state index contributed by atoms with van der Waals surface area (Å²) in [7, 11) is 5.61. The van der Waals surface area contributed by atoms with E-state index in [0.29, 0.717) is 11.7 Å². The first-order chi connectivity index (χ1) is 22.7. The average molecular weight is 644 g/mol. The topological polar surface area (TPSA) is 109 Å². The molecule has 0 saturated carbocycles. The SMILES string of the molecule is C/C(=C1/C=CC=CN1N)c1ccnc(Nc2cccc(CN(C)C)c2)n1.C=C(CC(=O)Nc1ccccc1)OC.CC.CC.CCC. The van der Waals surface area contributed by atoms with E-state index >= 15 is 0 Å². The highest BCUT2D eigenvalue weighted by atomic mass is 16.5. The van der Waals surface area contributed by atoms with Crippen molar-refractivity contribution >= 4 is 28.8 Å². The summed E-state index contributed by atoms with van der Waals surface area (Å²) in [6.07, 6.45) is 10.8. The van der Waals surface area contributed by atoms with E-state index in [4.69, 9.17) is 10.6 Å². The largest absolute Gasteiger partial charge is 0.501 e. The summed E-state index contributed by atoms with van der Waals surface area (Å²) in [5.41, 5.74) is 5.70. The number of anilines is 3. The lowest BCUT2D eigenvalue weighted by atomic mass is 10.1. The zero-order chi connectivity index (χ0) is 35.6. The number of hydrogen-bond acceptors (Lipinski definition) is 8. The Morgan fingerprint density at radius 1 is 0.979 bits per heavy atom. The van der Waals surface area contributed by atoms with Crippen molar-refractivity contribution in [3.05, 3.63) is 121 Å². The average Bonchev–Trinajstić information content (AvgIpc) is 3.07. The van der Waals surface area contributed by atoms with Crippen LogP contribution in [0.25, 0.3) is 5.57 Å². The van der Waals surface area contributed by atoms with Crippen LogP contribution in [-0.2, 0) is 16.1 Å². The molecular formula is C38H57N7O2. The van der Waals surface area contributed by atoms with Crippen molar-refractivity contribution in [1.82, 2.24) is 19.9 Å². The molecule has 0 fully saturated rings. The molecule has 0 saturated heterocycles. The highest BCUT2D eigenvalue weighted by molar-refractivity contribution is 5.91. The van der Waals surface area contributed by atoms with Crippen LogP contribution in [0.5, 0.6) is 0 Å². The molecule has 0 atom stereocenters. The number of aromatic nitrogens is 2. The summed E-state index contributed by atoms with van der Waals surface area (Å²) >= 11 is 0. The van der Waals surface area contributed by atoms with Gasteiger partial charge in [0, 0.05) is 35.9 Å². The van der Waals surface area contributed by atoms with Crippen molar-refractivity contribution in [2.75, 3.05) is 31.8 Å². The summed E-state index contributed by atoms with van der Waals surface area (Å²) in [4.78, 5) is 22.4. The maximum Gasteiger partial charge on any atom is 0.231 e. The van der Waals surface area contributed by atoms with Crippen LogP contribution in [0.4, 0.5) is 17.3 Å². The molecule has 3 aromatic rings. The van der Waals surface area contributed by atoms with Crippen LogP contribution in [0.1, 0.15) is 72.6 Å². The molecule has 1 aliphatic rings. The molecule has 1 amide bonds. The number of hydrazine groups is 1. The van der Waals surface area contributed by atoms with Gasteiger partial charge in [-0.1, -0.05) is 91.0 Å². The molecule has 1 aliphatic heterocycles. The lowest BCUT2D eigenvalue weighted by Crippen LogP contribution is -2.25. The second-order valence-corrected chi connectivity index (χ2v) is 9.99. The Morgan fingerprint density at radius 3 is 2.21 bits per heavy atom. The van der Waals surface area contributed by atoms with E-state index in [0.717, 1.165) is 34.9 Å². The summed E-state index contributed by atoms with van der Waals surface area (Å²) in [6.45, 7) is 18.7. The molecule has 1 aromatic heterocycles. The predicted molar refractivity (Wildman–Crippen MR) is 201 cm³/mol. The number of benzene rings is 2. The number of allylic oxidation sites excluding steroid dienone is 4. The Morgan fingerprint density at radius 2 is 1.62 bits per heavy atom. The number of para-hydroxylation sites is 1. The van der Waals surface area contributed by atoms with Gasteiger partial charge < -0.3 is 20.3 Å². The molecule has 256 valence electrons. The zero-order valence-electron chi connectivity index (χ0n) is 30.2. The Kier molecular flexibility index (Phi) is 22.9. The Bertz CT molecular complexity index is 1400. The smallest absolute Gasteiger partial charge is 0.231 e. The molecule has 2 aromatic carbocycles. The third-order valence-electron chi connectivity index (χ3n) is 5.70. The lowest BCUT2D eigenvalue weighted by Gasteiger charge is -2.20. The number of hydrogen-bond donors (Lipinski definition) is 3. The number of amides is 1. The van der Waals surface area contributed by atoms with Gasteiger partial charge in [-0.25, -0.2) is 15.8 Å². The van der Waals surface area contributed by atoms with Gasteiger partial charge in [-0.3, -0.25) is 9.80 Å². The lowest BCUT2D eigenvalue weighted by molar-refractivity contribution is -0.116. The third kappa shape index (κ3) is 17.5. The van der Waals surface area contributed by atoms with Crippen molar-refractivity contribution < 1.29 is 9.53 Å². The van der Waals surface area contributed by atoms with E-state index in [2.05, 4.69) is 72.2 Å². The maximum atomic E-state index is 11.3. The third-order valence-corrected chi connectivity index (χ3v) is 5.70. The van der Waals surface area contributed by atoms with Crippen molar-refractivity contribution in [2.24, 2.45) is 5.84 Å². The monoisotopic (exact) mass is 643 g/mol. The van der Waals surface area contributed by atoms with Crippen molar-refractivity contribution in [2.45, 2.75) is 67.9 Å². The molecule has 9 heteroatoms. The zero-order valence-corrected chi connectivity index (χ0v) is 30.2. The van der Waals surface area contributed by atoms with Gasteiger partial charge in [-0.2, -0.15) is 0 Å². The fraction of sp³-hybridized carbons (Fsp3) is 0.342. The number of methoxy groups -OCH3 is 1. The number of rotatable bonds is 9. The first kappa shape index (κ1) is 42.3. The van der Waals surface area contributed by atoms with Crippen LogP contribution in [0.3, 0.4) is 0 Å². The standard InChI is InChI=1S/C20H24N6.C11H13NO2.C3H8.2C2H6/c1-15(19-9-4-5-12-26(19)21)18-10-11-22-20(24-18)23-17-8-6-7-16(13-17)14-25(2)3;1-9(14-2)8-11(13)12-10-6-4-3-5-7-10;1-3-2;2*1-2/h4-13H,14,21H2,1-3H3,(H,22,23,24);3-7H,1,8H2,2H3,(H,12,13);3H2,1-2H3;2*1-2H3/b19-15+;;;;. The van der Waals surface area contributed by atoms with Gasteiger partial charge in [-0.15, -0.1) is 0 Å². The van der Waals surface area contributed by atoms with E-state index in [1.807, 2.05) is 108 Å². The fourth-order valence-corrected chi connectivity index (χ4v) is 3.75. The molecule has 0 radical (unpaired) electrons. The van der Waals surface area contributed by atoms with Gasteiger partial charge in [-0.05, 0) is 69.1 Å². The summed E-state index contributed by atoms with van der Waals surface area (Å²) < 4.78 is 4.80. The Labute approximate surface area is 283 Å². The van der Waals surface area contributed by atoms with Gasteiger partial charge in [0.1, 0.15) is 0 Å². The van der Waals surface area contributed by atoms with Crippen LogP contribution in [0, 0.1) is 0 Å². The molecule has 0 bridgehead atoms. The molecule has 9 nitrogen and oxygen atoms in total. The minimum atomic E-state index is -0.122. The molecule has 4 rings (SSSR count). The number of ether oxygens (including phenoxy) is 1. The second-order valence-electron chi connectivity index (χ2n) is 9.99. The number of carbonyl (C=O) groups excluding carboxylic acids is 1. The highest BCUT2D eigenvalue weighted by Crippen LogP contribution is 2.23. The van der Waals surface area contributed by atoms with Crippen LogP contribution in [-0.4, -0.2) is 47.0 Å². The maximum absolute atomic E-state index is 11.3. The summed E-state index contributed by atoms with van der Waals surface area (Å²) in [6, 6.07) is 19.4. The van der Waals surface area contributed by atoms with Crippen molar-refractivity contribution in [3.8, 4) is 0 Å². The molecule has 0 unspecified atom stereocenters. The van der Waals surface area contributed by atoms with E-state index in [1.54, 1.807) is 11.2 Å². The van der Waals surface area contributed by atoms with Gasteiger partial charge in [0.25, 0.3) is 0 Å². The molecule has 0 aliphatic carbocycles. The van der Waals surface area contributed by atoms with Crippen LogP contribution in [0.2, 0.25) is 0 Å². The first-order valence-electron chi connectivity index (χ1n) is 16.2. The molecular weight excluding hydrogens is 586 g/mol. The first-order valence-corrected chi connectivity index (χ1v) is 16.2. The van der Waals surface area contributed by atoms with Gasteiger partial charge in [0.05, 0.1) is 30.7 Å². The van der Waals surface area contributed by atoms with E-state index < -0.39 is 0 Å².